The molecule has 2 aromatic carbocycles. The number of furan rings is 1. The molecule has 1 aliphatic heterocycles. The Balaban J connectivity index is 1.30. The highest BCUT2D eigenvalue weighted by Gasteiger charge is 2.26. The lowest BCUT2D eigenvalue weighted by atomic mass is 10.1. The lowest BCUT2D eigenvalue weighted by Crippen LogP contribution is -2.40. The third kappa shape index (κ3) is 4.62. The van der Waals surface area contributed by atoms with Crippen molar-refractivity contribution in [3.8, 4) is 5.75 Å². The molecule has 0 saturated carbocycles. The van der Waals surface area contributed by atoms with E-state index in [1.807, 2.05) is 0 Å². The Hall–Kier alpha value is -2.95. The molecule has 8 nitrogen and oxygen atoms in total. The van der Waals surface area contributed by atoms with E-state index in [2.05, 4.69) is 0 Å². The molecule has 0 radical (unpaired) electrons. The van der Waals surface area contributed by atoms with Crippen molar-refractivity contribution in [2.75, 3.05) is 39.5 Å². The van der Waals surface area contributed by atoms with Crippen LogP contribution in [-0.4, -0.2) is 58.2 Å². The van der Waals surface area contributed by atoms with E-state index in [-0.39, 0.29) is 23.9 Å². The number of hydrogen-bond acceptors (Lipinski definition) is 7. The predicted octanol–water partition coefficient (Wildman–Crippen LogP) is 3.14. The monoisotopic (exact) mass is 463 g/mol. The predicted molar refractivity (Wildman–Crippen MR) is 113 cm³/mol. The van der Waals surface area contributed by atoms with Crippen LogP contribution in [0.4, 0.5) is 4.39 Å². The van der Waals surface area contributed by atoms with Crippen molar-refractivity contribution in [1.29, 1.82) is 0 Å². The minimum atomic E-state index is -3.57. The molecule has 1 aromatic heterocycles. The fourth-order valence-corrected chi connectivity index (χ4v) is 4.80. The number of esters is 1. The van der Waals surface area contributed by atoms with Gasteiger partial charge >= 0.3 is 5.97 Å². The smallest absolute Gasteiger partial charge is 0.374 e. The van der Waals surface area contributed by atoms with Gasteiger partial charge in [0.15, 0.2) is 0 Å². The van der Waals surface area contributed by atoms with Gasteiger partial charge in [-0.05, 0) is 49.4 Å². The van der Waals surface area contributed by atoms with Gasteiger partial charge in [0.1, 0.15) is 30.4 Å². The molecule has 2 heterocycles. The van der Waals surface area contributed by atoms with Crippen molar-refractivity contribution in [3.05, 3.63) is 59.6 Å². The first kappa shape index (κ1) is 22.3. The molecule has 32 heavy (non-hydrogen) atoms. The number of carbonyl (C=O) groups is 1. The summed E-state index contributed by atoms with van der Waals surface area (Å²) in [5.41, 5.74) is 0.904. The van der Waals surface area contributed by atoms with Crippen LogP contribution in [0, 0.1) is 12.7 Å². The van der Waals surface area contributed by atoms with E-state index in [9.17, 15) is 17.6 Å². The average Bonchev–Trinajstić information content (AvgIpc) is 3.13. The van der Waals surface area contributed by atoms with Crippen LogP contribution in [0.3, 0.4) is 0 Å². The normalized spacial score (nSPS) is 15.1. The maximum atomic E-state index is 13.4. The number of rotatable bonds is 7. The zero-order chi connectivity index (χ0) is 22.7. The molecule has 170 valence electrons. The second-order valence-corrected chi connectivity index (χ2v) is 9.11. The molecule has 1 fully saturated rings. The van der Waals surface area contributed by atoms with Crippen molar-refractivity contribution in [2.24, 2.45) is 0 Å². The number of nitrogens with zero attached hydrogens (tertiary/aromatic N) is 1. The molecular formula is C22H22FNO7S. The molecule has 10 heteroatoms. The highest BCUT2D eigenvalue weighted by atomic mass is 32.2. The summed E-state index contributed by atoms with van der Waals surface area (Å²) in [6.07, 6.45) is 0. The number of aryl methyl sites for hydroxylation is 1. The third-order valence-corrected chi connectivity index (χ3v) is 7.01. The Kier molecular flexibility index (Phi) is 6.45. The Morgan fingerprint density at radius 3 is 2.53 bits per heavy atom. The van der Waals surface area contributed by atoms with Crippen LogP contribution in [0.1, 0.15) is 16.1 Å². The Labute approximate surface area is 184 Å². The molecule has 0 bridgehead atoms. The summed E-state index contributed by atoms with van der Waals surface area (Å²) in [4.78, 5) is 12.5. The number of hydrogen-bond donors (Lipinski definition) is 0. The molecule has 0 spiro atoms. The molecule has 1 aliphatic rings. The molecule has 0 aliphatic carbocycles. The minimum absolute atomic E-state index is 0.0169. The number of sulfonamides is 1. The van der Waals surface area contributed by atoms with E-state index in [0.29, 0.717) is 48.6 Å². The van der Waals surface area contributed by atoms with Gasteiger partial charge in [0, 0.05) is 24.0 Å². The number of carbonyl (C=O) groups excluding carboxylic acids is 1. The fourth-order valence-electron chi connectivity index (χ4n) is 3.39. The third-order valence-electron chi connectivity index (χ3n) is 5.10. The van der Waals surface area contributed by atoms with Gasteiger partial charge in [-0.15, -0.1) is 0 Å². The van der Waals surface area contributed by atoms with Crippen molar-refractivity contribution < 1.29 is 36.2 Å². The summed E-state index contributed by atoms with van der Waals surface area (Å²) in [5.74, 6) is -0.631. The Morgan fingerprint density at radius 2 is 1.81 bits per heavy atom. The van der Waals surface area contributed by atoms with Gasteiger partial charge in [-0.1, -0.05) is 0 Å². The van der Waals surface area contributed by atoms with Crippen LogP contribution < -0.4 is 4.74 Å². The second kappa shape index (κ2) is 9.27. The highest BCUT2D eigenvalue weighted by molar-refractivity contribution is 7.89. The topological polar surface area (TPSA) is 95.3 Å². The van der Waals surface area contributed by atoms with Crippen LogP contribution in [0.15, 0.2) is 51.8 Å². The standard InChI is InChI=1S/C22H22FNO7S/c1-15-19-14-16(23)2-7-20(19)31-21(15)22(25)30-13-12-29-17-3-5-18(6-4-17)32(26,27)24-8-10-28-11-9-24/h2-7,14H,8-13H2,1H3. The molecule has 0 amide bonds. The lowest BCUT2D eigenvalue weighted by Gasteiger charge is -2.26. The Bertz CT molecular complexity index is 1220. The first-order valence-electron chi connectivity index (χ1n) is 10.0. The maximum absolute atomic E-state index is 13.4. The summed E-state index contributed by atoms with van der Waals surface area (Å²) in [6, 6.07) is 10.1. The summed E-state index contributed by atoms with van der Waals surface area (Å²) < 4.78 is 61.4. The van der Waals surface area contributed by atoms with Gasteiger partial charge in [-0.25, -0.2) is 17.6 Å². The molecular weight excluding hydrogens is 441 g/mol. The first-order valence-corrected chi connectivity index (χ1v) is 11.5. The van der Waals surface area contributed by atoms with Gasteiger partial charge in [0.05, 0.1) is 18.1 Å². The minimum Gasteiger partial charge on any atom is -0.490 e. The second-order valence-electron chi connectivity index (χ2n) is 7.17. The number of ether oxygens (including phenoxy) is 3. The lowest BCUT2D eigenvalue weighted by molar-refractivity contribution is 0.0416. The molecule has 0 N–H and O–H groups in total. The van der Waals surface area contributed by atoms with Crippen molar-refractivity contribution in [3.63, 3.8) is 0 Å². The molecule has 1 saturated heterocycles. The average molecular weight is 463 g/mol. The largest absolute Gasteiger partial charge is 0.490 e. The zero-order valence-corrected chi connectivity index (χ0v) is 18.2. The van der Waals surface area contributed by atoms with Crippen molar-refractivity contribution in [1.82, 2.24) is 4.31 Å². The van der Waals surface area contributed by atoms with Crippen molar-refractivity contribution >= 4 is 27.0 Å². The van der Waals surface area contributed by atoms with Crippen LogP contribution in [0.5, 0.6) is 5.75 Å². The fraction of sp³-hybridized carbons (Fsp3) is 0.318. The quantitative estimate of drug-likeness (QED) is 0.392. The summed E-state index contributed by atoms with van der Waals surface area (Å²) in [5, 5.41) is 0.514. The maximum Gasteiger partial charge on any atom is 0.374 e. The number of halogens is 1. The van der Waals surface area contributed by atoms with E-state index in [1.165, 1.54) is 34.6 Å². The number of benzene rings is 2. The van der Waals surface area contributed by atoms with Crippen molar-refractivity contribution in [2.45, 2.75) is 11.8 Å². The SMILES string of the molecule is Cc1c(C(=O)OCCOc2ccc(S(=O)(=O)N3CCOCC3)cc2)oc2ccc(F)cc12. The van der Waals surface area contributed by atoms with Gasteiger partial charge in [-0.2, -0.15) is 4.31 Å². The van der Waals surface area contributed by atoms with Crippen LogP contribution in [0.2, 0.25) is 0 Å². The van der Waals surface area contributed by atoms with Crippen LogP contribution >= 0.6 is 0 Å². The zero-order valence-electron chi connectivity index (χ0n) is 17.4. The van der Waals surface area contributed by atoms with Gasteiger partial charge < -0.3 is 18.6 Å². The summed E-state index contributed by atoms with van der Waals surface area (Å²) >= 11 is 0. The van der Waals surface area contributed by atoms with Gasteiger partial charge in [-0.3, -0.25) is 0 Å². The van der Waals surface area contributed by atoms with E-state index in [1.54, 1.807) is 19.1 Å². The highest BCUT2D eigenvalue weighted by Crippen LogP contribution is 2.26. The van der Waals surface area contributed by atoms with Crippen LogP contribution in [-0.2, 0) is 19.5 Å². The van der Waals surface area contributed by atoms with Gasteiger partial charge in [0.25, 0.3) is 0 Å². The van der Waals surface area contributed by atoms with Crippen LogP contribution in [0.25, 0.3) is 11.0 Å². The number of morpholine rings is 1. The van der Waals surface area contributed by atoms with Gasteiger partial charge in [0.2, 0.25) is 15.8 Å². The molecule has 0 atom stereocenters. The molecule has 4 rings (SSSR count). The van der Waals surface area contributed by atoms with E-state index in [0.717, 1.165) is 0 Å². The van der Waals surface area contributed by atoms with E-state index < -0.39 is 21.8 Å². The number of fused-ring (bicyclic) bond motifs is 1. The van der Waals surface area contributed by atoms with E-state index in [4.69, 9.17) is 18.6 Å². The first-order chi connectivity index (χ1) is 15.4. The Morgan fingerprint density at radius 1 is 1.09 bits per heavy atom. The summed E-state index contributed by atoms with van der Waals surface area (Å²) in [6.45, 7) is 3.09. The molecule has 3 aromatic rings. The molecule has 0 unspecified atom stereocenters. The van der Waals surface area contributed by atoms with E-state index >= 15 is 0 Å². The summed E-state index contributed by atoms with van der Waals surface area (Å²) in [7, 11) is -3.57.